The number of rotatable bonds is 3. The van der Waals surface area contributed by atoms with E-state index in [2.05, 4.69) is 10.3 Å². The predicted octanol–water partition coefficient (Wildman–Crippen LogP) is 1.63. The molecular formula is C19H26N6O4S. The van der Waals surface area contributed by atoms with Gasteiger partial charge in [-0.05, 0) is 45.4 Å². The lowest BCUT2D eigenvalue weighted by atomic mass is 10.1. The number of fused-ring (bicyclic) bond motifs is 1. The van der Waals surface area contributed by atoms with E-state index in [1.807, 2.05) is 10.3 Å². The molecule has 1 aliphatic heterocycles. The van der Waals surface area contributed by atoms with Crippen LogP contribution in [0.2, 0.25) is 0 Å². The van der Waals surface area contributed by atoms with Gasteiger partial charge in [-0.1, -0.05) is 0 Å². The smallest absolute Gasteiger partial charge is 0.407 e. The largest absolute Gasteiger partial charge is 0.444 e. The number of hydrogen-bond donors (Lipinski definition) is 2. The Balaban J connectivity index is 1.97. The van der Waals surface area contributed by atoms with Crippen molar-refractivity contribution in [2.75, 3.05) is 18.0 Å². The van der Waals surface area contributed by atoms with Crippen LogP contribution >= 0.6 is 11.8 Å². The van der Waals surface area contributed by atoms with Gasteiger partial charge in [0.25, 0.3) is 5.56 Å². The number of nitrogens with zero attached hydrogens (tertiary/aromatic N) is 4. The SMILES string of the molecule is Cn1c(=O)c2[nH]c(N3CCCC(NC(=O)OC(C)(C)C)C3)c(SC#N)c2n(C)c1=O. The molecule has 1 amide bonds. The molecule has 0 spiro atoms. The van der Waals surface area contributed by atoms with E-state index in [4.69, 9.17) is 4.74 Å². The quantitative estimate of drug-likeness (QED) is 0.555. The molecule has 1 aliphatic rings. The van der Waals surface area contributed by atoms with Crippen LogP contribution in [0.5, 0.6) is 0 Å². The molecule has 2 aromatic rings. The fourth-order valence-electron chi connectivity index (χ4n) is 3.65. The minimum atomic E-state index is -0.586. The van der Waals surface area contributed by atoms with Gasteiger partial charge in [0.05, 0.1) is 10.4 Å². The summed E-state index contributed by atoms with van der Waals surface area (Å²) in [4.78, 5) is 42.8. The molecular weight excluding hydrogens is 408 g/mol. The number of aryl methyl sites for hydroxylation is 1. The topological polar surface area (TPSA) is 125 Å². The Morgan fingerprint density at radius 1 is 1.30 bits per heavy atom. The van der Waals surface area contributed by atoms with Crippen molar-refractivity contribution in [2.24, 2.45) is 14.1 Å². The third-order valence-corrected chi connectivity index (χ3v) is 5.63. The summed E-state index contributed by atoms with van der Waals surface area (Å²) in [5, 5.41) is 14.3. The van der Waals surface area contributed by atoms with Crippen LogP contribution < -0.4 is 21.5 Å². The average molecular weight is 435 g/mol. The molecule has 30 heavy (non-hydrogen) atoms. The molecule has 0 aromatic carbocycles. The lowest BCUT2D eigenvalue weighted by Gasteiger charge is -2.34. The van der Waals surface area contributed by atoms with Crippen molar-refractivity contribution in [3.05, 3.63) is 20.8 Å². The van der Waals surface area contributed by atoms with Crippen LogP contribution in [0.3, 0.4) is 0 Å². The number of nitrogens with one attached hydrogen (secondary N) is 2. The van der Waals surface area contributed by atoms with Crippen molar-refractivity contribution >= 4 is 34.7 Å². The zero-order valence-corrected chi connectivity index (χ0v) is 18.6. The molecule has 162 valence electrons. The Hall–Kier alpha value is -2.87. The molecule has 1 saturated heterocycles. The van der Waals surface area contributed by atoms with Crippen LogP contribution in [0.25, 0.3) is 11.0 Å². The van der Waals surface area contributed by atoms with Crippen molar-refractivity contribution in [1.29, 1.82) is 5.26 Å². The van der Waals surface area contributed by atoms with E-state index in [-0.39, 0.29) is 11.6 Å². The van der Waals surface area contributed by atoms with Crippen molar-refractivity contribution in [1.82, 2.24) is 19.4 Å². The molecule has 2 N–H and O–H groups in total. The second-order valence-corrected chi connectivity index (χ2v) is 9.15. The first-order chi connectivity index (χ1) is 14.0. The Bertz CT molecular complexity index is 1130. The molecule has 0 radical (unpaired) electrons. The monoisotopic (exact) mass is 434 g/mol. The van der Waals surface area contributed by atoms with Gasteiger partial charge in [0.15, 0.2) is 0 Å². The number of carbonyl (C=O) groups excluding carboxylic acids is 1. The third-order valence-electron chi connectivity index (χ3n) is 4.94. The number of thioether (sulfide) groups is 1. The number of hydrogen-bond acceptors (Lipinski definition) is 7. The van der Waals surface area contributed by atoms with Crippen molar-refractivity contribution in [3.8, 4) is 5.40 Å². The Labute approximate surface area is 177 Å². The van der Waals surface area contributed by atoms with Gasteiger partial charge in [0.1, 0.15) is 22.3 Å². The molecule has 1 atom stereocenters. The number of aromatic amines is 1. The van der Waals surface area contributed by atoms with E-state index >= 15 is 0 Å². The number of alkyl carbamates (subject to hydrolysis) is 1. The molecule has 0 bridgehead atoms. The lowest BCUT2D eigenvalue weighted by molar-refractivity contribution is 0.0500. The van der Waals surface area contributed by atoms with E-state index in [9.17, 15) is 19.6 Å². The highest BCUT2D eigenvalue weighted by Gasteiger charge is 2.29. The highest BCUT2D eigenvalue weighted by atomic mass is 32.2. The second-order valence-electron chi connectivity index (χ2n) is 8.36. The molecule has 0 saturated carbocycles. The van der Waals surface area contributed by atoms with Gasteiger partial charge in [0.2, 0.25) is 0 Å². The van der Waals surface area contributed by atoms with Crippen LogP contribution in [0.4, 0.5) is 10.6 Å². The number of H-pyrrole nitrogens is 1. The molecule has 3 heterocycles. The summed E-state index contributed by atoms with van der Waals surface area (Å²) in [7, 11) is 3.00. The fraction of sp³-hybridized carbons (Fsp3) is 0.579. The standard InChI is InChI=1S/C19H26N6O4S/c1-19(2,3)29-17(27)21-11-7-6-8-25(9-11)15-14(30-10-20)13-12(22-15)16(26)24(5)18(28)23(13)4/h11,22H,6-9H2,1-5H3,(H,21,27). The number of nitriles is 1. The van der Waals surface area contributed by atoms with Gasteiger partial charge in [-0.3, -0.25) is 13.9 Å². The molecule has 11 heteroatoms. The Morgan fingerprint density at radius 3 is 2.63 bits per heavy atom. The summed E-state index contributed by atoms with van der Waals surface area (Å²) in [6.45, 7) is 6.59. The highest BCUT2D eigenvalue weighted by molar-refractivity contribution is 8.04. The molecule has 1 unspecified atom stereocenters. The molecule has 1 fully saturated rings. The number of piperidine rings is 1. The maximum absolute atomic E-state index is 12.6. The van der Waals surface area contributed by atoms with E-state index in [1.165, 1.54) is 11.6 Å². The van der Waals surface area contributed by atoms with Crippen LogP contribution in [0.1, 0.15) is 33.6 Å². The minimum Gasteiger partial charge on any atom is -0.444 e. The Morgan fingerprint density at radius 2 is 2.00 bits per heavy atom. The molecule has 3 rings (SSSR count). The first kappa shape index (κ1) is 21.8. The number of amides is 1. The summed E-state index contributed by atoms with van der Waals surface area (Å²) < 4.78 is 7.75. The molecule has 10 nitrogen and oxygen atoms in total. The number of thiocyanates is 1. The van der Waals surface area contributed by atoms with Crippen molar-refractivity contribution in [3.63, 3.8) is 0 Å². The first-order valence-corrected chi connectivity index (χ1v) is 10.5. The van der Waals surface area contributed by atoms with E-state index < -0.39 is 22.9 Å². The Kier molecular flexibility index (Phi) is 5.90. The normalized spacial score (nSPS) is 17.1. The van der Waals surface area contributed by atoms with Gasteiger partial charge in [0, 0.05) is 33.2 Å². The second kappa shape index (κ2) is 8.10. The molecule has 0 aliphatic carbocycles. The summed E-state index contributed by atoms with van der Waals surface area (Å²) in [5.41, 5.74) is -0.807. The summed E-state index contributed by atoms with van der Waals surface area (Å²) >= 11 is 0.905. The van der Waals surface area contributed by atoms with Gasteiger partial charge in [-0.15, -0.1) is 0 Å². The predicted molar refractivity (Wildman–Crippen MR) is 115 cm³/mol. The number of anilines is 1. The maximum Gasteiger partial charge on any atom is 0.407 e. The fourth-order valence-corrected chi connectivity index (χ4v) is 4.35. The van der Waals surface area contributed by atoms with Crippen molar-refractivity contribution < 1.29 is 9.53 Å². The van der Waals surface area contributed by atoms with Crippen LogP contribution in [-0.2, 0) is 18.8 Å². The summed E-state index contributed by atoms with van der Waals surface area (Å²) in [5.74, 6) is 0.602. The summed E-state index contributed by atoms with van der Waals surface area (Å²) in [6, 6.07) is -0.147. The summed E-state index contributed by atoms with van der Waals surface area (Å²) in [6.07, 6.45) is 1.12. The number of carbonyl (C=O) groups is 1. The average Bonchev–Trinajstić information content (AvgIpc) is 3.03. The van der Waals surface area contributed by atoms with E-state index in [1.54, 1.807) is 27.8 Å². The minimum absolute atomic E-state index is 0.147. The lowest BCUT2D eigenvalue weighted by Crippen LogP contribution is -2.49. The molecule has 2 aromatic heterocycles. The van der Waals surface area contributed by atoms with Gasteiger partial charge in [-0.25, -0.2) is 9.59 Å². The first-order valence-electron chi connectivity index (χ1n) is 9.65. The zero-order valence-electron chi connectivity index (χ0n) is 17.7. The zero-order chi connectivity index (χ0) is 22.2. The van der Waals surface area contributed by atoms with Gasteiger partial charge in [-0.2, -0.15) is 5.26 Å². The van der Waals surface area contributed by atoms with Gasteiger partial charge >= 0.3 is 11.8 Å². The van der Waals surface area contributed by atoms with Crippen LogP contribution in [0.15, 0.2) is 14.5 Å². The van der Waals surface area contributed by atoms with Crippen molar-refractivity contribution in [2.45, 2.75) is 50.2 Å². The highest BCUT2D eigenvalue weighted by Crippen LogP contribution is 2.36. The third kappa shape index (κ3) is 4.18. The van der Waals surface area contributed by atoms with Gasteiger partial charge < -0.3 is 19.9 Å². The van der Waals surface area contributed by atoms with E-state index in [0.29, 0.717) is 29.3 Å². The number of aromatic nitrogens is 3. The van der Waals surface area contributed by atoms with Crippen LogP contribution in [-0.4, -0.2) is 44.9 Å². The number of ether oxygens (including phenoxy) is 1. The van der Waals surface area contributed by atoms with Crippen LogP contribution in [0, 0.1) is 10.7 Å². The maximum atomic E-state index is 12.6. The van der Waals surface area contributed by atoms with E-state index in [0.717, 1.165) is 29.2 Å².